The fourth-order valence-corrected chi connectivity index (χ4v) is 4.03. The van der Waals surface area contributed by atoms with E-state index in [1.54, 1.807) is 12.1 Å². The van der Waals surface area contributed by atoms with Crippen molar-refractivity contribution < 1.29 is 14.4 Å². The van der Waals surface area contributed by atoms with Crippen LogP contribution in [0.1, 0.15) is 74.6 Å². The lowest BCUT2D eigenvalue weighted by atomic mass is 9.94. The van der Waals surface area contributed by atoms with E-state index in [1.165, 1.54) is 11.0 Å². The number of hydrogen-bond acceptors (Lipinski definition) is 5. The van der Waals surface area contributed by atoms with Gasteiger partial charge in [0.15, 0.2) is 0 Å². The van der Waals surface area contributed by atoms with Gasteiger partial charge in [0.1, 0.15) is 0 Å². The van der Waals surface area contributed by atoms with Crippen molar-refractivity contribution in [3.05, 3.63) is 52.3 Å². The van der Waals surface area contributed by atoms with Crippen molar-refractivity contribution in [1.29, 1.82) is 0 Å². The van der Waals surface area contributed by atoms with E-state index in [9.17, 15) is 14.4 Å². The van der Waals surface area contributed by atoms with Crippen molar-refractivity contribution in [2.45, 2.75) is 52.0 Å². The Bertz CT molecular complexity index is 959. The van der Waals surface area contributed by atoms with Gasteiger partial charge in [-0.05, 0) is 51.0 Å². The second-order valence-corrected chi connectivity index (χ2v) is 7.46. The molecule has 1 aliphatic carbocycles. The number of amides is 3. The second-order valence-electron chi connectivity index (χ2n) is 7.46. The summed E-state index contributed by atoms with van der Waals surface area (Å²) in [5.74, 6) is -0.751. The van der Waals surface area contributed by atoms with E-state index >= 15 is 0 Å². The van der Waals surface area contributed by atoms with Crippen molar-refractivity contribution in [3.63, 3.8) is 0 Å². The molecule has 7 heteroatoms. The molecule has 1 aromatic heterocycles. The monoisotopic (exact) mass is 378 g/mol. The highest BCUT2D eigenvalue weighted by Crippen LogP contribution is 2.31. The highest BCUT2D eigenvalue weighted by molar-refractivity contribution is 6.22. The van der Waals surface area contributed by atoms with Crippen LogP contribution in [0, 0.1) is 13.8 Å². The maximum atomic E-state index is 12.9. The lowest BCUT2D eigenvalue weighted by molar-refractivity contribution is 0.0549. The smallest absolute Gasteiger partial charge is 0.261 e. The number of aryl methyl sites for hydroxylation is 2. The fourth-order valence-electron chi connectivity index (χ4n) is 4.03. The van der Waals surface area contributed by atoms with E-state index in [2.05, 4.69) is 15.3 Å². The summed E-state index contributed by atoms with van der Waals surface area (Å²) in [6.07, 6.45) is 4.90. The van der Waals surface area contributed by atoms with E-state index < -0.39 is 5.91 Å². The van der Waals surface area contributed by atoms with Crippen LogP contribution in [-0.4, -0.2) is 38.6 Å². The molecular formula is C21H22N4O3. The first-order valence-corrected chi connectivity index (χ1v) is 9.59. The Kier molecular flexibility index (Phi) is 4.66. The number of anilines is 1. The summed E-state index contributed by atoms with van der Waals surface area (Å²) in [5.41, 5.74) is 2.47. The van der Waals surface area contributed by atoms with E-state index in [0.717, 1.165) is 43.5 Å². The maximum absolute atomic E-state index is 12.9. The van der Waals surface area contributed by atoms with Gasteiger partial charge >= 0.3 is 0 Å². The summed E-state index contributed by atoms with van der Waals surface area (Å²) < 4.78 is 0. The molecule has 0 spiro atoms. The number of fused-ring (bicyclic) bond motifs is 1. The van der Waals surface area contributed by atoms with Crippen molar-refractivity contribution in [2.75, 3.05) is 5.32 Å². The second kappa shape index (κ2) is 7.14. The molecule has 0 saturated heterocycles. The average molecular weight is 378 g/mol. The van der Waals surface area contributed by atoms with Gasteiger partial charge in [-0.3, -0.25) is 24.6 Å². The number of aromatic nitrogens is 2. The molecule has 0 bridgehead atoms. The lowest BCUT2D eigenvalue weighted by Crippen LogP contribution is -2.40. The Morgan fingerprint density at radius 3 is 2.29 bits per heavy atom. The van der Waals surface area contributed by atoms with Gasteiger partial charge in [0.25, 0.3) is 17.7 Å². The predicted molar refractivity (Wildman–Crippen MR) is 103 cm³/mol. The van der Waals surface area contributed by atoms with E-state index in [-0.39, 0.29) is 23.8 Å². The Balaban J connectivity index is 1.58. The average Bonchev–Trinajstić information content (AvgIpc) is 2.92. The Labute approximate surface area is 163 Å². The number of carbonyl (C=O) groups excluding carboxylic acids is 3. The highest BCUT2D eigenvalue weighted by atomic mass is 16.2. The van der Waals surface area contributed by atoms with Crippen LogP contribution in [0.15, 0.2) is 24.3 Å². The third kappa shape index (κ3) is 3.28. The van der Waals surface area contributed by atoms with Gasteiger partial charge in [0, 0.05) is 23.0 Å². The van der Waals surface area contributed by atoms with Crippen molar-refractivity contribution in [3.8, 4) is 0 Å². The third-order valence-corrected chi connectivity index (χ3v) is 5.33. The van der Waals surface area contributed by atoms with Crippen molar-refractivity contribution in [2.24, 2.45) is 0 Å². The number of benzene rings is 1. The first-order chi connectivity index (χ1) is 13.4. The summed E-state index contributed by atoms with van der Waals surface area (Å²) in [5, 5.41) is 2.66. The van der Waals surface area contributed by atoms with Crippen molar-refractivity contribution in [1.82, 2.24) is 14.9 Å². The molecule has 0 unspecified atom stereocenters. The van der Waals surface area contributed by atoms with Crippen molar-refractivity contribution >= 4 is 23.7 Å². The molecule has 3 amide bonds. The molecule has 144 valence electrons. The zero-order valence-electron chi connectivity index (χ0n) is 16.0. The molecule has 2 heterocycles. The molecule has 1 N–H and O–H groups in total. The first-order valence-electron chi connectivity index (χ1n) is 9.59. The molecule has 1 aliphatic heterocycles. The highest BCUT2D eigenvalue weighted by Gasteiger charge is 2.40. The molecule has 0 atom stereocenters. The van der Waals surface area contributed by atoms with Gasteiger partial charge in [-0.25, -0.2) is 9.97 Å². The van der Waals surface area contributed by atoms with Gasteiger partial charge in [-0.1, -0.05) is 19.3 Å². The number of nitrogens with zero attached hydrogens (tertiary/aromatic N) is 3. The zero-order valence-corrected chi connectivity index (χ0v) is 16.0. The van der Waals surface area contributed by atoms with Crippen LogP contribution in [0.25, 0.3) is 0 Å². The topological polar surface area (TPSA) is 92.3 Å². The molecule has 7 nitrogen and oxygen atoms in total. The molecule has 1 saturated carbocycles. The first kappa shape index (κ1) is 18.3. The van der Waals surface area contributed by atoms with Gasteiger partial charge < -0.3 is 0 Å². The minimum Gasteiger partial charge on any atom is -0.290 e. The summed E-state index contributed by atoms with van der Waals surface area (Å²) in [4.78, 5) is 48.0. The van der Waals surface area contributed by atoms with Gasteiger partial charge in [0.2, 0.25) is 5.95 Å². The van der Waals surface area contributed by atoms with Crippen LogP contribution in [-0.2, 0) is 0 Å². The minimum atomic E-state index is -0.413. The lowest BCUT2D eigenvalue weighted by Gasteiger charge is -2.29. The van der Waals surface area contributed by atoms with Gasteiger partial charge in [-0.15, -0.1) is 0 Å². The van der Waals surface area contributed by atoms with Crippen LogP contribution in [0.5, 0.6) is 0 Å². The predicted octanol–water partition coefficient (Wildman–Crippen LogP) is 3.27. The Morgan fingerprint density at radius 2 is 1.61 bits per heavy atom. The fraction of sp³-hybridized carbons (Fsp3) is 0.381. The number of carbonyl (C=O) groups is 3. The molecular weight excluding hydrogens is 356 g/mol. The largest absolute Gasteiger partial charge is 0.290 e. The van der Waals surface area contributed by atoms with Crippen LogP contribution in [0.2, 0.25) is 0 Å². The summed E-state index contributed by atoms with van der Waals surface area (Å²) in [7, 11) is 0. The number of imide groups is 1. The molecule has 2 aromatic rings. The van der Waals surface area contributed by atoms with E-state index in [0.29, 0.717) is 16.7 Å². The number of nitrogens with one attached hydrogen (secondary N) is 1. The zero-order chi connectivity index (χ0) is 19.8. The number of hydrogen-bond donors (Lipinski definition) is 1. The maximum Gasteiger partial charge on any atom is 0.261 e. The van der Waals surface area contributed by atoms with Crippen LogP contribution >= 0.6 is 0 Å². The molecule has 1 fully saturated rings. The molecule has 1 aromatic carbocycles. The SMILES string of the molecule is Cc1cc(C)nc(NC(=O)c2ccc3c(c2)C(=O)N(C2CCCCC2)C3=O)n1. The Morgan fingerprint density at radius 1 is 0.964 bits per heavy atom. The molecule has 0 radical (unpaired) electrons. The quantitative estimate of drug-likeness (QED) is 0.828. The van der Waals surface area contributed by atoms with Crippen LogP contribution < -0.4 is 5.32 Å². The van der Waals surface area contributed by atoms with Crippen LogP contribution in [0.4, 0.5) is 5.95 Å². The normalized spacial score (nSPS) is 17.0. The van der Waals surface area contributed by atoms with Gasteiger partial charge in [0.05, 0.1) is 11.1 Å². The van der Waals surface area contributed by atoms with E-state index in [1.807, 2.05) is 19.9 Å². The van der Waals surface area contributed by atoms with Crippen LogP contribution in [0.3, 0.4) is 0 Å². The summed E-state index contributed by atoms with van der Waals surface area (Å²) in [6.45, 7) is 3.65. The summed E-state index contributed by atoms with van der Waals surface area (Å²) >= 11 is 0. The number of rotatable bonds is 3. The molecule has 28 heavy (non-hydrogen) atoms. The summed E-state index contributed by atoms with van der Waals surface area (Å²) in [6, 6.07) is 6.40. The standard InChI is InChI=1S/C21H22N4O3/c1-12-10-13(2)23-21(22-12)24-18(26)14-8-9-16-17(11-14)20(28)25(19(16)27)15-6-4-3-5-7-15/h8-11,15H,3-7H2,1-2H3,(H,22,23,24,26). The minimum absolute atomic E-state index is 0.0397. The molecule has 4 rings (SSSR count). The third-order valence-electron chi connectivity index (χ3n) is 5.33. The van der Waals surface area contributed by atoms with E-state index in [4.69, 9.17) is 0 Å². The van der Waals surface area contributed by atoms with Gasteiger partial charge in [-0.2, -0.15) is 0 Å². The molecule has 2 aliphatic rings. The Hall–Kier alpha value is -3.09.